The number of likely N-dealkylation sites (N-methyl/N-ethyl adjacent to an activating group) is 1. The maximum Gasteiger partial charge on any atom is 0.274 e. The molecule has 3 aliphatic rings. The lowest BCUT2D eigenvalue weighted by atomic mass is 10.1. The zero-order valence-corrected chi connectivity index (χ0v) is 17.8. The number of ether oxygens (including phenoxy) is 2. The molecule has 0 atom stereocenters. The van der Waals surface area contributed by atoms with E-state index < -0.39 is 0 Å². The zero-order chi connectivity index (χ0) is 22.1. The number of nitrogens with zero attached hydrogens (tertiary/aromatic N) is 6. The molecule has 0 spiro atoms. The lowest BCUT2D eigenvalue weighted by Gasteiger charge is -2.35. The van der Waals surface area contributed by atoms with Gasteiger partial charge in [0.05, 0.1) is 0 Å². The van der Waals surface area contributed by atoms with E-state index in [1.807, 2.05) is 6.07 Å². The van der Waals surface area contributed by atoms with Crippen molar-refractivity contribution in [2.45, 2.75) is 19.8 Å². The fourth-order valence-electron chi connectivity index (χ4n) is 3.91. The summed E-state index contributed by atoms with van der Waals surface area (Å²) in [6.45, 7) is 6.18. The topological polar surface area (TPSA) is 114 Å². The van der Waals surface area contributed by atoms with Crippen molar-refractivity contribution < 1.29 is 23.6 Å². The molecule has 1 aromatic heterocycles. The molecule has 168 valence electrons. The lowest BCUT2D eigenvalue weighted by Crippen LogP contribution is -2.51. The molecule has 0 bridgehead atoms. The molecule has 1 saturated heterocycles. The molecule has 0 unspecified atom stereocenters. The molecule has 1 fully saturated rings. The molecular formula is C21H24N6O5. The highest BCUT2D eigenvalue weighted by molar-refractivity contribution is 6.01. The van der Waals surface area contributed by atoms with Gasteiger partial charge in [-0.3, -0.25) is 9.59 Å². The van der Waals surface area contributed by atoms with Gasteiger partial charge in [0.25, 0.3) is 5.89 Å². The number of carbonyl (C=O) groups excluding carboxylic acids is 2. The Morgan fingerprint density at radius 2 is 1.91 bits per heavy atom. The number of piperazine rings is 1. The molecule has 2 amide bonds. The fourth-order valence-corrected chi connectivity index (χ4v) is 3.91. The molecular weight excluding hydrogens is 416 g/mol. The fraction of sp³-hybridized carbons (Fsp3) is 0.476. The first-order valence-electron chi connectivity index (χ1n) is 10.7. The van der Waals surface area contributed by atoms with Gasteiger partial charge in [0.15, 0.2) is 11.5 Å². The molecule has 2 aromatic rings. The summed E-state index contributed by atoms with van der Waals surface area (Å²) in [6.07, 6.45) is 0.610. The van der Waals surface area contributed by atoms with Crippen molar-refractivity contribution in [3.8, 4) is 22.9 Å². The average molecular weight is 440 g/mol. The van der Waals surface area contributed by atoms with Crippen LogP contribution in [-0.2, 0) is 9.59 Å². The van der Waals surface area contributed by atoms with Crippen molar-refractivity contribution in [3.63, 3.8) is 0 Å². The minimum atomic E-state index is -0.190. The highest BCUT2D eigenvalue weighted by Gasteiger charge is 2.29. The molecule has 0 saturated carbocycles. The Morgan fingerprint density at radius 1 is 1.09 bits per heavy atom. The Bertz CT molecular complexity index is 1060. The Hall–Kier alpha value is -3.47. The number of fused-ring (bicyclic) bond motifs is 1. The van der Waals surface area contributed by atoms with Crippen LogP contribution in [0.25, 0.3) is 11.4 Å². The second-order valence-electron chi connectivity index (χ2n) is 7.80. The van der Waals surface area contributed by atoms with Crippen molar-refractivity contribution in [1.82, 2.24) is 24.9 Å². The summed E-state index contributed by atoms with van der Waals surface area (Å²) in [4.78, 5) is 33.6. The third kappa shape index (κ3) is 4.03. The maximum absolute atomic E-state index is 12.7. The number of benzene rings is 1. The minimum absolute atomic E-state index is 0.0857. The Balaban J connectivity index is 1.28. The first-order chi connectivity index (χ1) is 15.6. The molecule has 5 rings (SSSR count). The van der Waals surface area contributed by atoms with E-state index in [-0.39, 0.29) is 37.5 Å². The van der Waals surface area contributed by atoms with Crippen molar-refractivity contribution in [2.24, 2.45) is 5.10 Å². The quantitative estimate of drug-likeness (QED) is 0.675. The van der Waals surface area contributed by atoms with Crippen LogP contribution in [0.1, 0.15) is 25.7 Å². The Labute approximate surface area is 184 Å². The number of amides is 2. The third-order valence-electron chi connectivity index (χ3n) is 5.87. The molecule has 0 N–H and O–H groups in total. The summed E-state index contributed by atoms with van der Waals surface area (Å²) < 4.78 is 16.1. The highest BCUT2D eigenvalue weighted by atomic mass is 16.7. The minimum Gasteiger partial charge on any atom is -0.454 e. The third-order valence-corrected chi connectivity index (χ3v) is 5.87. The summed E-state index contributed by atoms with van der Waals surface area (Å²) in [5, 5.41) is 9.62. The van der Waals surface area contributed by atoms with Crippen molar-refractivity contribution in [3.05, 3.63) is 24.1 Å². The predicted molar refractivity (Wildman–Crippen MR) is 112 cm³/mol. The summed E-state index contributed by atoms with van der Waals surface area (Å²) >= 11 is 0. The predicted octanol–water partition coefficient (Wildman–Crippen LogP) is 0.956. The van der Waals surface area contributed by atoms with Crippen LogP contribution in [0.4, 0.5) is 0 Å². The van der Waals surface area contributed by atoms with Gasteiger partial charge in [0, 0.05) is 44.6 Å². The normalized spacial score (nSPS) is 18.8. The van der Waals surface area contributed by atoms with Crippen LogP contribution in [-0.4, -0.2) is 88.5 Å². The van der Waals surface area contributed by atoms with E-state index in [2.05, 4.69) is 27.1 Å². The van der Waals surface area contributed by atoms with Gasteiger partial charge in [-0.1, -0.05) is 12.1 Å². The van der Waals surface area contributed by atoms with Crippen LogP contribution in [0.15, 0.2) is 27.8 Å². The van der Waals surface area contributed by atoms with Crippen molar-refractivity contribution in [2.75, 3.05) is 46.1 Å². The first kappa shape index (κ1) is 20.4. The van der Waals surface area contributed by atoms with Gasteiger partial charge in [0.1, 0.15) is 12.3 Å². The van der Waals surface area contributed by atoms with Gasteiger partial charge in [-0.05, 0) is 24.7 Å². The summed E-state index contributed by atoms with van der Waals surface area (Å²) in [6, 6.07) is 5.39. The van der Waals surface area contributed by atoms with Crippen LogP contribution in [0.3, 0.4) is 0 Å². The van der Waals surface area contributed by atoms with Crippen molar-refractivity contribution >= 4 is 17.5 Å². The molecule has 4 heterocycles. The Morgan fingerprint density at radius 3 is 2.72 bits per heavy atom. The van der Waals surface area contributed by atoms with Crippen LogP contribution in [0, 0.1) is 0 Å². The largest absolute Gasteiger partial charge is 0.454 e. The van der Waals surface area contributed by atoms with Gasteiger partial charge >= 0.3 is 0 Å². The SMILES string of the molecule is CCN1CCN(C(=O)CN2N=C(c3nc(-c4ccc5c(c4)OCO5)no3)CCC2=O)CC1. The molecule has 32 heavy (non-hydrogen) atoms. The summed E-state index contributed by atoms with van der Waals surface area (Å²) in [5.41, 5.74) is 1.21. The molecule has 0 aliphatic carbocycles. The van der Waals surface area contributed by atoms with Crippen LogP contribution in [0.2, 0.25) is 0 Å². The molecule has 11 nitrogen and oxygen atoms in total. The van der Waals surface area contributed by atoms with E-state index in [0.29, 0.717) is 42.5 Å². The number of rotatable bonds is 5. The second-order valence-corrected chi connectivity index (χ2v) is 7.80. The van der Waals surface area contributed by atoms with Gasteiger partial charge in [0.2, 0.25) is 24.4 Å². The number of carbonyl (C=O) groups is 2. The number of hydrogen-bond acceptors (Lipinski definition) is 9. The van der Waals surface area contributed by atoms with E-state index in [9.17, 15) is 9.59 Å². The summed E-state index contributed by atoms with van der Waals surface area (Å²) in [7, 11) is 0. The van der Waals surface area contributed by atoms with Gasteiger partial charge in [-0.15, -0.1) is 0 Å². The molecule has 1 aromatic carbocycles. The first-order valence-corrected chi connectivity index (χ1v) is 10.7. The lowest BCUT2D eigenvalue weighted by molar-refractivity contribution is -0.141. The maximum atomic E-state index is 12.7. The monoisotopic (exact) mass is 440 g/mol. The zero-order valence-electron chi connectivity index (χ0n) is 17.8. The van der Waals surface area contributed by atoms with E-state index in [1.165, 1.54) is 5.01 Å². The molecule has 3 aliphatic heterocycles. The second kappa shape index (κ2) is 8.58. The number of aromatic nitrogens is 2. The number of hydrogen-bond donors (Lipinski definition) is 0. The molecule has 11 heteroatoms. The van der Waals surface area contributed by atoms with Crippen LogP contribution >= 0.6 is 0 Å². The smallest absolute Gasteiger partial charge is 0.274 e. The van der Waals surface area contributed by atoms with E-state index in [0.717, 1.165) is 25.2 Å². The Kier molecular flexibility index (Phi) is 5.48. The van der Waals surface area contributed by atoms with E-state index in [1.54, 1.807) is 17.0 Å². The average Bonchev–Trinajstić information content (AvgIpc) is 3.50. The van der Waals surface area contributed by atoms with Gasteiger partial charge in [-0.2, -0.15) is 10.1 Å². The highest BCUT2D eigenvalue weighted by Crippen LogP contribution is 2.35. The molecule has 0 radical (unpaired) electrons. The van der Waals surface area contributed by atoms with E-state index in [4.69, 9.17) is 14.0 Å². The van der Waals surface area contributed by atoms with Crippen molar-refractivity contribution in [1.29, 1.82) is 0 Å². The van der Waals surface area contributed by atoms with Crippen LogP contribution in [0.5, 0.6) is 11.5 Å². The van der Waals surface area contributed by atoms with E-state index >= 15 is 0 Å². The summed E-state index contributed by atoms with van der Waals surface area (Å²) in [5.74, 6) is 1.62. The van der Waals surface area contributed by atoms with Gasteiger partial charge in [-0.25, -0.2) is 5.01 Å². The number of hydrazone groups is 1. The van der Waals surface area contributed by atoms with Crippen LogP contribution < -0.4 is 9.47 Å². The van der Waals surface area contributed by atoms with Gasteiger partial charge < -0.3 is 23.8 Å². The standard InChI is InChI=1S/C21H24N6O5/c1-2-25-7-9-26(10-8-25)19(29)12-27-18(28)6-4-15(23-27)21-22-20(24-32-21)14-3-5-16-17(11-14)31-13-30-16/h3,5,11H,2,4,6-10,12-13H2,1H3.